The Bertz CT molecular complexity index is 2390. The van der Waals surface area contributed by atoms with Crippen molar-refractivity contribution in [2.75, 3.05) is 14.2 Å². The first-order chi connectivity index (χ1) is 27.8. The van der Waals surface area contributed by atoms with Crippen LogP contribution in [0.1, 0.15) is 109 Å². The van der Waals surface area contributed by atoms with Gasteiger partial charge in [-0.15, -0.1) is 0 Å². The van der Waals surface area contributed by atoms with Gasteiger partial charge in [-0.3, -0.25) is 28.5 Å². The van der Waals surface area contributed by atoms with Crippen LogP contribution in [-0.4, -0.2) is 60.7 Å². The Labute approximate surface area is 336 Å². The molecule has 0 saturated heterocycles. The summed E-state index contributed by atoms with van der Waals surface area (Å²) in [6.07, 6.45) is 12.6. The average Bonchev–Trinajstić information content (AvgIpc) is 3.92. The minimum atomic E-state index is -0.929. The first kappa shape index (κ1) is 41.3. The van der Waals surface area contributed by atoms with Crippen LogP contribution in [0.2, 0.25) is 0 Å². The number of nitrogens with two attached hydrogens (primary N) is 1. The molecule has 2 aliphatic rings. The summed E-state index contributed by atoms with van der Waals surface area (Å²) >= 11 is 0. The minimum Gasteiger partial charge on any atom is -0.503 e. The van der Waals surface area contributed by atoms with Crippen LogP contribution in [0.25, 0.3) is 11.1 Å². The maximum absolute atomic E-state index is 12.2. The van der Waals surface area contributed by atoms with Gasteiger partial charge in [-0.1, -0.05) is 88.1 Å². The van der Waals surface area contributed by atoms with E-state index in [4.69, 9.17) is 10.5 Å². The number of nitrogens with zero attached hydrogens (tertiary/aromatic N) is 5. The van der Waals surface area contributed by atoms with Crippen LogP contribution in [0, 0.1) is 0 Å². The monoisotopic (exact) mass is 789 g/mol. The van der Waals surface area contributed by atoms with E-state index in [1.54, 1.807) is 13.3 Å². The lowest BCUT2D eigenvalue weighted by Crippen LogP contribution is -2.33. The van der Waals surface area contributed by atoms with Crippen molar-refractivity contribution in [2.24, 2.45) is 5.73 Å². The maximum Gasteiger partial charge on any atom is 0.275 e. The molecule has 0 radical (unpaired) electrons. The number of amides is 2. The van der Waals surface area contributed by atoms with Gasteiger partial charge in [0.2, 0.25) is 5.88 Å². The molecular weight excluding hydrogens is 739 g/mol. The zero-order valence-electron chi connectivity index (χ0n) is 33.4. The molecule has 3 heterocycles. The molecule has 5 N–H and O–H groups in total. The van der Waals surface area contributed by atoms with Crippen molar-refractivity contribution >= 4 is 11.8 Å². The smallest absolute Gasteiger partial charge is 0.275 e. The Morgan fingerprint density at radius 1 is 0.793 bits per heavy atom. The predicted molar refractivity (Wildman–Crippen MR) is 219 cm³/mol. The second kappa shape index (κ2) is 17.5. The van der Waals surface area contributed by atoms with Crippen LogP contribution in [0.15, 0.2) is 88.8 Å². The van der Waals surface area contributed by atoms with Crippen LogP contribution in [0.3, 0.4) is 0 Å². The van der Waals surface area contributed by atoms with Crippen LogP contribution in [0.4, 0.5) is 0 Å². The summed E-state index contributed by atoms with van der Waals surface area (Å²) in [7, 11) is 3.01. The van der Waals surface area contributed by atoms with E-state index in [9.17, 15) is 29.4 Å². The molecule has 14 nitrogen and oxygen atoms in total. The van der Waals surface area contributed by atoms with Gasteiger partial charge in [-0.25, -0.2) is 4.98 Å². The fraction of sp³-hybridized carbons (Fsp3) is 0.386. The number of aromatic nitrogens is 5. The number of carbonyl (C=O) groups excluding carboxylic acids is 2. The van der Waals surface area contributed by atoms with E-state index in [0.717, 1.165) is 68.1 Å². The third kappa shape index (κ3) is 8.80. The molecule has 0 aliphatic heterocycles. The first-order valence-electron chi connectivity index (χ1n) is 19.6. The number of pyridine rings is 1. The lowest BCUT2D eigenvalue weighted by atomic mass is 9.77. The molecule has 7 rings (SSSR count). The Morgan fingerprint density at radius 3 is 1.83 bits per heavy atom. The van der Waals surface area contributed by atoms with Gasteiger partial charge in [-0.05, 0) is 59.9 Å². The average molecular weight is 790 g/mol. The van der Waals surface area contributed by atoms with Crippen molar-refractivity contribution in [2.45, 2.75) is 95.1 Å². The number of rotatable bonds is 11. The van der Waals surface area contributed by atoms with Gasteiger partial charge in [0.05, 0.1) is 32.6 Å². The fourth-order valence-corrected chi connectivity index (χ4v) is 8.37. The summed E-state index contributed by atoms with van der Waals surface area (Å²) in [6, 6.07) is 20.7. The highest BCUT2D eigenvalue weighted by atomic mass is 16.5. The summed E-state index contributed by atoms with van der Waals surface area (Å²) in [5, 5.41) is 30.8. The van der Waals surface area contributed by atoms with E-state index in [0.29, 0.717) is 24.9 Å². The molecule has 2 amide bonds. The molecule has 2 saturated carbocycles. The molecule has 0 atom stereocenters. The van der Waals surface area contributed by atoms with E-state index in [2.05, 4.69) is 70.7 Å². The molecular formula is C44H51N7O7. The van der Waals surface area contributed by atoms with Crippen LogP contribution in [-0.2, 0) is 23.9 Å². The second-order valence-electron chi connectivity index (χ2n) is 15.6. The molecule has 5 aromatic rings. The van der Waals surface area contributed by atoms with Crippen molar-refractivity contribution in [1.82, 2.24) is 29.9 Å². The van der Waals surface area contributed by atoms with Crippen molar-refractivity contribution in [3.63, 3.8) is 0 Å². The Hall–Kier alpha value is -6.31. The molecule has 0 bridgehead atoms. The van der Waals surface area contributed by atoms with Crippen LogP contribution < -0.4 is 26.6 Å². The van der Waals surface area contributed by atoms with Gasteiger partial charge < -0.3 is 26.0 Å². The van der Waals surface area contributed by atoms with Gasteiger partial charge in [0.15, 0.2) is 22.9 Å². The zero-order valence-corrected chi connectivity index (χ0v) is 33.4. The number of hydrogen-bond acceptors (Lipinski definition) is 10. The number of ether oxygens (including phenoxy) is 1. The van der Waals surface area contributed by atoms with E-state index in [1.165, 1.54) is 39.9 Å². The Kier molecular flexibility index (Phi) is 12.4. The molecule has 304 valence electrons. The number of hydrogen-bond donors (Lipinski definition) is 4. The standard InChI is InChI=1S/C24H26N4O4.C20H25N3O3/c1-25-23(31)21-22(30)19(29)14-28(27-21)15-24(10-3-4-11-24)18-7-5-6-16(12-18)17-8-9-20(32-2)26-13-17;1-13(2)14-6-5-7-15(10-14)20(8-3-4-9-20)12-23-11-16(24)18(25)17(22-23)19(21)26/h5-9,12-14,29H,3-4,10-11,15H2,1-2H3,(H,25,31);5-7,10-11,13,24H,3-4,8-9,12H2,1-2H3,(H2,21,26). The number of aromatic hydroxyl groups is 2. The van der Waals surface area contributed by atoms with Gasteiger partial charge in [0.25, 0.3) is 22.7 Å². The highest BCUT2D eigenvalue weighted by molar-refractivity contribution is 5.92. The highest BCUT2D eigenvalue weighted by Crippen LogP contribution is 2.44. The summed E-state index contributed by atoms with van der Waals surface area (Å²) in [6.45, 7) is 5.28. The molecule has 2 aliphatic carbocycles. The fourth-order valence-electron chi connectivity index (χ4n) is 8.37. The maximum atomic E-state index is 12.2. The quantitative estimate of drug-likeness (QED) is 0.131. The van der Waals surface area contributed by atoms with E-state index in [1.807, 2.05) is 24.3 Å². The van der Waals surface area contributed by atoms with E-state index >= 15 is 0 Å². The number of primary amides is 1. The number of methoxy groups -OCH3 is 1. The molecule has 0 spiro atoms. The van der Waals surface area contributed by atoms with Crippen molar-refractivity contribution in [1.29, 1.82) is 0 Å². The zero-order chi connectivity index (χ0) is 41.6. The minimum absolute atomic E-state index is 0.131. The summed E-state index contributed by atoms with van der Waals surface area (Å²) in [4.78, 5) is 51.8. The van der Waals surface area contributed by atoms with E-state index in [-0.39, 0.29) is 16.5 Å². The van der Waals surface area contributed by atoms with Gasteiger partial charge in [-0.2, -0.15) is 10.2 Å². The van der Waals surface area contributed by atoms with Crippen molar-refractivity contribution in [3.8, 4) is 28.5 Å². The number of benzene rings is 2. The Balaban J connectivity index is 0.000000200. The molecule has 58 heavy (non-hydrogen) atoms. The van der Waals surface area contributed by atoms with Crippen LogP contribution >= 0.6 is 0 Å². The molecule has 2 fully saturated rings. The summed E-state index contributed by atoms with van der Waals surface area (Å²) in [5.41, 5.74) is 8.27. The summed E-state index contributed by atoms with van der Waals surface area (Å²) < 4.78 is 8.17. The lowest BCUT2D eigenvalue weighted by molar-refractivity contribution is 0.0951. The van der Waals surface area contributed by atoms with Crippen LogP contribution in [0.5, 0.6) is 17.4 Å². The van der Waals surface area contributed by atoms with Crippen molar-refractivity contribution < 1.29 is 24.5 Å². The highest BCUT2D eigenvalue weighted by Gasteiger charge is 2.38. The normalized spacial score (nSPS) is 15.4. The molecule has 0 unspecified atom stereocenters. The molecule has 14 heteroatoms. The third-order valence-corrected chi connectivity index (χ3v) is 11.5. The van der Waals surface area contributed by atoms with Gasteiger partial charge in [0, 0.05) is 35.7 Å². The summed E-state index contributed by atoms with van der Waals surface area (Å²) in [5.74, 6) is -1.53. The van der Waals surface area contributed by atoms with Crippen molar-refractivity contribution in [3.05, 3.63) is 128 Å². The Morgan fingerprint density at radius 2 is 1.33 bits per heavy atom. The third-order valence-electron chi connectivity index (χ3n) is 11.5. The largest absolute Gasteiger partial charge is 0.503 e. The molecule has 3 aromatic heterocycles. The van der Waals surface area contributed by atoms with Gasteiger partial charge in [0.1, 0.15) is 0 Å². The first-order valence-corrected chi connectivity index (χ1v) is 19.6. The predicted octanol–water partition coefficient (Wildman–Crippen LogP) is 5.57. The molecule has 2 aromatic carbocycles. The second-order valence-corrected chi connectivity index (χ2v) is 15.6. The number of carbonyl (C=O) groups is 2. The van der Waals surface area contributed by atoms with Gasteiger partial charge >= 0.3 is 0 Å². The SMILES string of the molecule is CC(C)c1cccc(C2(Cn3cc(O)c(=O)c(C(N)=O)n3)CCCC2)c1.CNC(=O)c1nn(CC2(c3cccc(-c4ccc(OC)nc4)c3)CCCC2)cc(O)c1=O. The number of nitrogens with one attached hydrogen (secondary N) is 1. The topological polar surface area (TPSA) is 205 Å². The lowest BCUT2D eigenvalue weighted by Gasteiger charge is -2.31. The van der Waals surface area contributed by atoms with E-state index < -0.39 is 39.9 Å².